The molecule has 0 N–H and O–H groups in total. The molecule has 0 atom stereocenters. The van der Waals surface area contributed by atoms with Crippen molar-refractivity contribution < 1.29 is 8.78 Å². The normalized spacial score (nSPS) is 10.3. The molecule has 0 amide bonds. The van der Waals surface area contributed by atoms with Crippen molar-refractivity contribution in [2.24, 2.45) is 0 Å². The summed E-state index contributed by atoms with van der Waals surface area (Å²) in [6.45, 7) is 1.60. The van der Waals surface area contributed by atoms with Crippen LogP contribution < -0.4 is 0 Å². The largest absolute Gasteiger partial charge is 0.266 e. The lowest BCUT2D eigenvalue weighted by Gasteiger charge is -2.08. The van der Waals surface area contributed by atoms with E-state index in [0.717, 1.165) is 0 Å². The van der Waals surface area contributed by atoms with Gasteiger partial charge in [-0.3, -0.25) is 0 Å². The molecular weight excluding hydrogens is 301 g/mol. The third kappa shape index (κ3) is 2.38. The van der Waals surface area contributed by atoms with Crippen molar-refractivity contribution >= 4 is 22.6 Å². The summed E-state index contributed by atoms with van der Waals surface area (Å²) in [4.78, 5) is 3.93. The fourth-order valence-corrected chi connectivity index (χ4v) is 2.11. The summed E-state index contributed by atoms with van der Waals surface area (Å²) in [6, 6.07) is 3.47. The Morgan fingerprint density at radius 1 is 1.64 bits per heavy atom. The number of hydrogen-bond donors (Lipinski definition) is 0. The van der Waals surface area contributed by atoms with Crippen LogP contribution in [0.25, 0.3) is 0 Å². The Labute approximate surface area is 94.1 Å². The SMILES string of the molecule is Cc1cc(CC#N)nc(I)c1C(F)F. The van der Waals surface area contributed by atoms with E-state index in [1.807, 2.05) is 6.07 Å². The van der Waals surface area contributed by atoms with E-state index in [4.69, 9.17) is 5.26 Å². The van der Waals surface area contributed by atoms with E-state index in [-0.39, 0.29) is 15.7 Å². The maximum Gasteiger partial charge on any atom is 0.266 e. The van der Waals surface area contributed by atoms with Crippen LogP contribution in [0.15, 0.2) is 6.07 Å². The van der Waals surface area contributed by atoms with Gasteiger partial charge in [-0.15, -0.1) is 0 Å². The smallest absolute Gasteiger partial charge is 0.245 e. The van der Waals surface area contributed by atoms with E-state index in [1.165, 1.54) is 6.07 Å². The molecule has 0 bridgehead atoms. The van der Waals surface area contributed by atoms with Gasteiger partial charge in [-0.2, -0.15) is 5.26 Å². The first-order valence-electron chi connectivity index (χ1n) is 3.87. The highest BCUT2D eigenvalue weighted by atomic mass is 127. The van der Waals surface area contributed by atoms with Crippen LogP contribution in [0.2, 0.25) is 0 Å². The molecule has 74 valence electrons. The lowest BCUT2D eigenvalue weighted by molar-refractivity contribution is 0.149. The van der Waals surface area contributed by atoms with Crippen LogP contribution in [0.4, 0.5) is 8.78 Å². The predicted octanol–water partition coefficient (Wildman–Crippen LogP) is 3.00. The van der Waals surface area contributed by atoms with Crippen molar-refractivity contribution in [1.29, 1.82) is 5.26 Å². The average molecular weight is 308 g/mol. The molecule has 1 heterocycles. The topological polar surface area (TPSA) is 36.7 Å². The fraction of sp³-hybridized carbons (Fsp3) is 0.333. The van der Waals surface area contributed by atoms with Gasteiger partial charge in [-0.05, 0) is 41.1 Å². The maximum atomic E-state index is 12.5. The van der Waals surface area contributed by atoms with Gasteiger partial charge in [-0.1, -0.05) is 0 Å². The monoisotopic (exact) mass is 308 g/mol. The van der Waals surface area contributed by atoms with Gasteiger partial charge >= 0.3 is 0 Å². The molecular formula is C9H7F2IN2. The van der Waals surface area contributed by atoms with Crippen LogP contribution >= 0.6 is 22.6 Å². The fourth-order valence-electron chi connectivity index (χ4n) is 1.14. The Morgan fingerprint density at radius 2 is 2.29 bits per heavy atom. The number of hydrogen-bond acceptors (Lipinski definition) is 2. The highest BCUT2D eigenvalue weighted by molar-refractivity contribution is 14.1. The molecule has 0 aliphatic heterocycles. The molecule has 0 unspecified atom stereocenters. The molecule has 0 spiro atoms. The zero-order valence-electron chi connectivity index (χ0n) is 7.39. The minimum Gasteiger partial charge on any atom is -0.245 e. The Morgan fingerprint density at radius 3 is 2.71 bits per heavy atom. The van der Waals surface area contributed by atoms with Crippen LogP contribution in [0.1, 0.15) is 23.2 Å². The molecule has 0 aliphatic rings. The second-order valence-corrected chi connectivity index (χ2v) is 3.79. The van der Waals surface area contributed by atoms with Crippen LogP contribution in [0, 0.1) is 22.0 Å². The van der Waals surface area contributed by atoms with E-state index in [0.29, 0.717) is 11.3 Å². The quantitative estimate of drug-likeness (QED) is 0.622. The Hall–Kier alpha value is -0.770. The molecule has 1 aromatic heterocycles. The first-order chi connectivity index (χ1) is 6.56. The summed E-state index contributed by atoms with van der Waals surface area (Å²) in [5.74, 6) is 0. The number of nitrogens with zero attached hydrogens (tertiary/aromatic N) is 2. The second kappa shape index (κ2) is 4.64. The second-order valence-electron chi connectivity index (χ2n) is 2.77. The number of aryl methyl sites for hydroxylation is 1. The van der Waals surface area contributed by atoms with Gasteiger partial charge in [0.2, 0.25) is 0 Å². The zero-order valence-corrected chi connectivity index (χ0v) is 9.55. The van der Waals surface area contributed by atoms with Crippen molar-refractivity contribution in [1.82, 2.24) is 4.98 Å². The Balaban J connectivity index is 3.19. The molecule has 14 heavy (non-hydrogen) atoms. The summed E-state index contributed by atoms with van der Waals surface area (Å²) < 4.78 is 25.3. The van der Waals surface area contributed by atoms with Gasteiger partial charge in [0, 0.05) is 0 Å². The van der Waals surface area contributed by atoms with Crippen LogP contribution in [0.5, 0.6) is 0 Å². The van der Waals surface area contributed by atoms with Crippen molar-refractivity contribution in [3.63, 3.8) is 0 Å². The van der Waals surface area contributed by atoms with Gasteiger partial charge in [0.05, 0.1) is 23.7 Å². The third-order valence-corrected chi connectivity index (χ3v) is 2.57. The summed E-state index contributed by atoms with van der Waals surface area (Å²) in [7, 11) is 0. The van der Waals surface area contributed by atoms with Crippen molar-refractivity contribution in [3.05, 3.63) is 26.6 Å². The molecule has 0 saturated carbocycles. The Kier molecular flexibility index (Phi) is 3.75. The number of aromatic nitrogens is 1. The third-order valence-electron chi connectivity index (χ3n) is 1.75. The van der Waals surface area contributed by atoms with E-state index < -0.39 is 6.43 Å². The molecule has 0 radical (unpaired) electrons. The van der Waals surface area contributed by atoms with Gasteiger partial charge in [0.25, 0.3) is 6.43 Å². The number of pyridine rings is 1. The van der Waals surface area contributed by atoms with E-state index in [2.05, 4.69) is 4.98 Å². The van der Waals surface area contributed by atoms with E-state index in [9.17, 15) is 8.78 Å². The van der Waals surface area contributed by atoms with Crippen LogP contribution in [0.3, 0.4) is 0 Å². The number of halogens is 3. The lowest BCUT2D eigenvalue weighted by Crippen LogP contribution is -2.01. The van der Waals surface area contributed by atoms with Crippen LogP contribution in [-0.4, -0.2) is 4.98 Å². The molecule has 1 aromatic rings. The zero-order chi connectivity index (χ0) is 10.7. The molecule has 0 aliphatic carbocycles. The van der Waals surface area contributed by atoms with E-state index in [1.54, 1.807) is 29.5 Å². The van der Waals surface area contributed by atoms with Gasteiger partial charge in [0.1, 0.15) is 3.70 Å². The highest BCUT2D eigenvalue weighted by Crippen LogP contribution is 2.26. The minimum absolute atomic E-state index is 0.0349. The van der Waals surface area contributed by atoms with Crippen molar-refractivity contribution in [3.8, 4) is 6.07 Å². The van der Waals surface area contributed by atoms with Crippen molar-refractivity contribution in [2.75, 3.05) is 0 Å². The highest BCUT2D eigenvalue weighted by Gasteiger charge is 2.16. The van der Waals surface area contributed by atoms with E-state index >= 15 is 0 Å². The summed E-state index contributed by atoms with van der Waals surface area (Å²) >= 11 is 1.77. The first-order valence-corrected chi connectivity index (χ1v) is 4.95. The number of rotatable bonds is 2. The molecule has 2 nitrogen and oxygen atoms in total. The van der Waals surface area contributed by atoms with Gasteiger partial charge < -0.3 is 0 Å². The summed E-state index contributed by atoms with van der Waals surface area (Å²) in [5, 5.41) is 8.44. The Bertz CT molecular complexity index is 362. The first kappa shape index (κ1) is 11.3. The lowest BCUT2D eigenvalue weighted by atomic mass is 10.1. The molecule has 0 fully saturated rings. The number of alkyl halides is 2. The summed E-state index contributed by atoms with van der Waals surface area (Å²) in [6.07, 6.45) is -2.36. The van der Waals surface area contributed by atoms with Gasteiger partial charge in [-0.25, -0.2) is 13.8 Å². The minimum atomic E-state index is -2.51. The van der Waals surface area contributed by atoms with Crippen LogP contribution in [-0.2, 0) is 6.42 Å². The molecule has 0 saturated heterocycles. The standard InChI is InChI=1S/C9H7F2IN2/c1-5-4-6(2-3-13)14-9(12)7(5)8(10)11/h4,8H,2H2,1H3. The van der Waals surface area contributed by atoms with Crippen molar-refractivity contribution in [2.45, 2.75) is 19.8 Å². The average Bonchev–Trinajstić information content (AvgIpc) is 2.01. The van der Waals surface area contributed by atoms with Gasteiger partial charge in [0.15, 0.2) is 0 Å². The molecule has 1 rings (SSSR count). The molecule has 0 aromatic carbocycles. The molecule has 5 heteroatoms. The maximum absolute atomic E-state index is 12.5. The summed E-state index contributed by atoms with van der Waals surface area (Å²) in [5.41, 5.74) is 0.996. The number of nitriles is 1. The predicted molar refractivity (Wildman–Crippen MR) is 56.0 cm³/mol.